The summed E-state index contributed by atoms with van der Waals surface area (Å²) >= 11 is 12.0. The number of carbonyl (C=O) groups is 1. The van der Waals surface area contributed by atoms with Gasteiger partial charge in [0.1, 0.15) is 11.6 Å². The molecule has 0 atom stereocenters. The Kier molecular flexibility index (Phi) is 6.07. The minimum atomic E-state index is -0.675. The van der Waals surface area contributed by atoms with Crippen molar-refractivity contribution >= 4 is 29.0 Å². The molecular weight excluding hydrogens is 411 g/mol. The molecule has 0 saturated carbocycles. The van der Waals surface area contributed by atoms with Crippen molar-refractivity contribution < 1.29 is 9.90 Å². The van der Waals surface area contributed by atoms with E-state index in [0.717, 1.165) is 4.57 Å². The SMILES string of the molecule is Cc1c(C(=O)Cc2ccc(Cl)cc2)c(O)n(Cc2ccccc2Cl)c(=O)c1C#N. The van der Waals surface area contributed by atoms with Gasteiger partial charge in [0.15, 0.2) is 5.78 Å². The summed E-state index contributed by atoms with van der Waals surface area (Å²) < 4.78 is 1.00. The summed E-state index contributed by atoms with van der Waals surface area (Å²) in [6, 6.07) is 15.4. The van der Waals surface area contributed by atoms with Crippen molar-refractivity contribution in [1.82, 2.24) is 4.57 Å². The number of nitriles is 1. The number of Topliss-reactive ketones (excluding diaryl/α,β-unsaturated/α-hetero) is 1. The molecule has 5 nitrogen and oxygen atoms in total. The summed E-state index contributed by atoms with van der Waals surface area (Å²) in [7, 11) is 0. The van der Waals surface area contributed by atoms with Crippen molar-refractivity contribution in [1.29, 1.82) is 5.26 Å². The number of aromatic hydroxyl groups is 1. The molecule has 3 rings (SSSR count). The van der Waals surface area contributed by atoms with E-state index in [9.17, 15) is 20.0 Å². The van der Waals surface area contributed by atoms with Crippen LogP contribution in [0, 0.1) is 18.3 Å². The average Bonchev–Trinajstić information content (AvgIpc) is 2.68. The first-order chi connectivity index (χ1) is 13.8. The lowest BCUT2D eigenvalue weighted by molar-refractivity contribution is 0.0988. The van der Waals surface area contributed by atoms with Crippen molar-refractivity contribution in [3.05, 3.63) is 96.7 Å². The van der Waals surface area contributed by atoms with Gasteiger partial charge in [0, 0.05) is 16.5 Å². The zero-order valence-electron chi connectivity index (χ0n) is 15.4. The Morgan fingerprint density at radius 3 is 2.41 bits per heavy atom. The number of benzene rings is 2. The van der Waals surface area contributed by atoms with Crippen LogP contribution in [0.15, 0.2) is 53.3 Å². The summed E-state index contributed by atoms with van der Waals surface area (Å²) in [4.78, 5) is 25.7. The van der Waals surface area contributed by atoms with Crippen molar-refractivity contribution in [3.8, 4) is 11.9 Å². The van der Waals surface area contributed by atoms with Gasteiger partial charge >= 0.3 is 0 Å². The molecule has 3 aromatic rings. The van der Waals surface area contributed by atoms with Gasteiger partial charge in [0.25, 0.3) is 5.56 Å². The fourth-order valence-corrected chi connectivity index (χ4v) is 3.43. The lowest BCUT2D eigenvalue weighted by Gasteiger charge is -2.16. The number of pyridine rings is 1. The Bertz CT molecular complexity index is 1190. The average molecular weight is 427 g/mol. The largest absolute Gasteiger partial charge is 0.494 e. The number of aromatic nitrogens is 1. The second kappa shape index (κ2) is 8.52. The van der Waals surface area contributed by atoms with Gasteiger partial charge in [-0.15, -0.1) is 0 Å². The number of ketones is 1. The van der Waals surface area contributed by atoms with Crippen LogP contribution in [0.5, 0.6) is 5.88 Å². The van der Waals surface area contributed by atoms with Crippen molar-refractivity contribution in [2.45, 2.75) is 19.9 Å². The molecule has 1 heterocycles. The molecular formula is C22H16Cl2N2O3. The Hall–Kier alpha value is -3.07. The molecule has 0 unspecified atom stereocenters. The predicted molar refractivity (Wildman–Crippen MR) is 112 cm³/mol. The molecule has 1 aromatic heterocycles. The first-order valence-corrected chi connectivity index (χ1v) is 9.46. The van der Waals surface area contributed by atoms with E-state index in [0.29, 0.717) is 21.2 Å². The van der Waals surface area contributed by atoms with E-state index in [-0.39, 0.29) is 29.7 Å². The predicted octanol–water partition coefficient (Wildman–Crippen LogP) is 4.51. The van der Waals surface area contributed by atoms with Crippen molar-refractivity contribution in [2.75, 3.05) is 0 Å². The Morgan fingerprint density at radius 2 is 1.79 bits per heavy atom. The molecule has 1 N–H and O–H groups in total. The van der Waals surface area contributed by atoms with Crippen LogP contribution in [0.25, 0.3) is 0 Å². The van der Waals surface area contributed by atoms with Crippen LogP contribution < -0.4 is 5.56 Å². The highest BCUT2D eigenvalue weighted by Gasteiger charge is 2.24. The van der Waals surface area contributed by atoms with Crippen molar-refractivity contribution in [2.24, 2.45) is 0 Å². The van der Waals surface area contributed by atoms with Gasteiger partial charge in [0.2, 0.25) is 5.88 Å². The minimum Gasteiger partial charge on any atom is -0.494 e. The van der Waals surface area contributed by atoms with E-state index in [1.807, 2.05) is 6.07 Å². The van der Waals surface area contributed by atoms with Gasteiger partial charge in [-0.3, -0.25) is 14.2 Å². The van der Waals surface area contributed by atoms with Crippen LogP contribution >= 0.6 is 23.2 Å². The first-order valence-electron chi connectivity index (χ1n) is 8.71. The highest BCUT2D eigenvalue weighted by atomic mass is 35.5. The van der Waals surface area contributed by atoms with Crippen LogP contribution in [0.1, 0.15) is 32.6 Å². The maximum absolute atomic E-state index is 12.9. The molecule has 0 saturated heterocycles. The third kappa shape index (κ3) is 4.19. The molecule has 2 aromatic carbocycles. The number of halogens is 2. The summed E-state index contributed by atoms with van der Waals surface area (Å²) in [5.74, 6) is -0.892. The van der Waals surface area contributed by atoms with Crippen molar-refractivity contribution in [3.63, 3.8) is 0 Å². The van der Waals surface area contributed by atoms with Gasteiger partial charge in [-0.25, -0.2) is 0 Å². The molecule has 29 heavy (non-hydrogen) atoms. The van der Waals surface area contributed by atoms with E-state index >= 15 is 0 Å². The van der Waals surface area contributed by atoms with E-state index in [2.05, 4.69) is 0 Å². The Morgan fingerprint density at radius 1 is 1.14 bits per heavy atom. The lowest BCUT2D eigenvalue weighted by atomic mass is 9.97. The molecule has 0 aliphatic heterocycles. The molecule has 7 heteroatoms. The number of nitrogens with zero attached hydrogens (tertiary/aromatic N) is 2. The molecule has 0 aliphatic rings. The zero-order chi connectivity index (χ0) is 21.1. The zero-order valence-corrected chi connectivity index (χ0v) is 17.0. The lowest BCUT2D eigenvalue weighted by Crippen LogP contribution is -2.27. The van der Waals surface area contributed by atoms with E-state index in [1.54, 1.807) is 48.5 Å². The number of rotatable bonds is 5. The first kappa shape index (κ1) is 20.7. The Labute approximate surface area is 177 Å². The standard InChI is InChI=1S/C22H16Cl2N2O3/c1-13-17(11-25)21(28)26(12-15-4-2-3-5-18(15)24)22(29)20(13)19(27)10-14-6-8-16(23)9-7-14/h2-9,29H,10,12H2,1H3. The molecule has 146 valence electrons. The minimum absolute atomic E-state index is 0.0132. The summed E-state index contributed by atoms with van der Waals surface area (Å²) in [5.41, 5.74) is 0.517. The highest BCUT2D eigenvalue weighted by Crippen LogP contribution is 2.26. The van der Waals surface area contributed by atoms with Crippen LogP contribution in [-0.4, -0.2) is 15.5 Å². The molecule has 0 radical (unpaired) electrons. The second-order valence-corrected chi connectivity index (χ2v) is 7.36. The molecule has 0 amide bonds. The Balaban J connectivity index is 2.10. The monoisotopic (exact) mass is 426 g/mol. The van der Waals surface area contributed by atoms with Crippen LogP contribution in [0.2, 0.25) is 10.0 Å². The fourth-order valence-electron chi connectivity index (χ4n) is 3.10. The second-order valence-electron chi connectivity index (χ2n) is 6.52. The summed E-state index contributed by atoms with van der Waals surface area (Å²) in [6.07, 6.45) is -0.0132. The maximum atomic E-state index is 12.9. The molecule has 0 bridgehead atoms. The van der Waals surface area contributed by atoms with E-state index in [4.69, 9.17) is 23.2 Å². The third-order valence-electron chi connectivity index (χ3n) is 4.64. The number of carbonyl (C=O) groups excluding carboxylic acids is 1. The summed E-state index contributed by atoms with van der Waals surface area (Å²) in [6.45, 7) is 1.41. The van der Waals surface area contributed by atoms with Crippen LogP contribution in [0.4, 0.5) is 0 Å². The third-order valence-corrected chi connectivity index (χ3v) is 5.26. The normalized spacial score (nSPS) is 10.6. The van der Waals surface area contributed by atoms with Crippen LogP contribution in [0.3, 0.4) is 0 Å². The molecule has 0 fully saturated rings. The van der Waals surface area contributed by atoms with E-state index < -0.39 is 17.2 Å². The van der Waals surface area contributed by atoms with Gasteiger partial charge in [-0.1, -0.05) is 53.5 Å². The molecule has 0 aliphatic carbocycles. The van der Waals surface area contributed by atoms with Gasteiger partial charge in [0.05, 0.1) is 12.1 Å². The topological polar surface area (TPSA) is 83.1 Å². The quantitative estimate of drug-likeness (QED) is 0.608. The van der Waals surface area contributed by atoms with Gasteiger partial charge < -0.3 is 5.11 Å². The van der Waals surface area contributed by atoms with Gasteiger partial charge in [-0.2, -0.15) is 5.26 Å². The van der Waals surface area contributed by atoms with Crippen LogP contribution in [-0.2, 0) is 13.0 Å². The van der Waals surface area contributed by atoms with Gasteiger partial charge in [-0.05, 0) is 41.8 Å². The highest BCUT2D eigenvalue weighted by molar-refractivity contribution is 6.31. The number of hydrogen-bond acceptors (Lipinski definition) is 4. The summed E-state index contributed by atoms with van der Waals surface area (Å²) in [5, 5.41) is 21.2. The van der Waals surface area contributed by atoms with E-state index in [1.165, 1.54) is 6.92 Å². The number of hydrogen-bond donors (Lipinski definition) is 1. The smallest absolute Gasteiger partial charge is 0.271 e. The molecule has 0 spiro atoms. The fraction of sp³-hybridized carbons (Fsp3) is 0.136. The maximum Gasteiger partial charge on any atom is 0.271 e.